The largest absolute Gasteiger partial charge is 0.489 e. The smallest absolute Gasteiger partial charge is 0.145 e. The van der Waals surface area contributed by atoms with Gasteiger partial charge in [-0.25, -0.2) is 0 Å². The molecule has 0 fully saturated rings. The second kappa shape index (κ2) is 9.58. The topological polar surface area (TPSA) is 62.9 Å². The van der Waals surface area contributed by atoms with E-state index in [0.717, 1.165) is 16.9 Å². The summed E-state index contributed by atoms with van der Waals surface area (Å²) in [6, 6.07) is 3.96. The van der Waals surface area contributed by atoms with Gasteiger partial charge in [0.05, 0.1) is 38.7 Å². The Kier molecular flexibility index (Phi) is 8.02. The lowest BCUT2D eigenvalue weighted by atomic mass is 10.1. The molecule has 1 rings (SSSR count). The Balaban J connectivity index is 2.13. The molecule has 0 atom stereocenters. The number of benzene rings is 1. The Morgan fingerprint density at radius 1 is 0.900 bits per heavy atom. The molecule has 0 amide bonds. The first-order chi connectivity index (χ1) is 9.65. The van der Waals surface area contributed by atoms with E-state index in [9.17, 15) is 0 Å². The van der Waals surface area contributed by atoms with Gasteiger partial charge in [0, 0.05) is 7.11 Å². The van der Waals surface area contributed by atoms with E-state index in [2.05, 4.69) is 6.07 Å². The summed E-state index contributed by atoms with van der Waals surface area (Å²) in [6.45, 7) is 7.31. The first kappa shape index (κ1) is 16.8. The predicted molar refractivity (Wildman–Crippen MR) is 79.3 cm³/mol. The Morgan fingerprint density at radius 3 is 2.10 bits per heavy atom. The molecule has 0 aliphatic rings. The molecule has 0 heterocycles. The van der Waals surface area contributed by atoms with E-state index in [1.165, 1.54) is 0 Å². The van der Waals surface area contributed by atoms with Crippen LogP contribution in [0.15, 0.2) is 12.1 Å². The number of hydrogen-bond donors (Lipinski definition) is 1. The average Bonchev–Trinajstić information content (AvgIpc) is 2.39. The molecule has 5 nitrogen and oxygen atoms in total. The molecule has 0 aliphatic carbocycles. The molecule has 0 saturated heterocycles. The van der Waals surface area contributed by atoms with E-state index in [1.54, 1.807) is 7.11 Å². The van der Waals surface area contributed by atoms with E-state index in [4.69, 9.17) is 24.7 Å². The lowest BCUT2D eigenvalue weighted by Gasteiger charge is -2.13. The first-order valence-electron chi connectivity index (χ1n) is 6.79. The van der Waals surface area contributed by atoms with Crippen molar-refractivity contribution in [3.63, 3.8) is 0 Å². The molecular formula is C15H25NO4. The highest BCUT2D eigenvalue weighted by Gasteiger charge is 2.05. The van der Waals surface area contributed by atoms with Gasteiger partial charge in [0.25, 0.3) is 0 Å². The number of hydrogen-bond acceptors (Lipinski definition) is 5. The van der Waals surface area contributed by atoms with Crippen LogP contribution in [-0.2, 0) is 14.2 Å². The molecule has 0 saturated carbocycles. The van der Waals surface area contributed by atoms with Crippen LogP contribution in [0.1, 0.15) is 11.1 Å². The van der Waals surface area contributed by atoms with Gasteiger partial charge < -0.3 is 24.7 Å². The Bertz CT molecular complexity index is 372. The number of aryl methyl sites for hydroxylation is 2. The molecular weight excluding hydrogens is 258 g/mol. The quantitative estimate of drug-likeness (QED) is 0.525. The van der Waals surface area contributed by atoms with Crippen molar-refractivity contribution in [1.82, 2.24) is 0 Å². The van der Waals surface area contributed by atoms with Gasteiger partial charge in [0.1, 0.15) is 12.4 Å². The maximum absolute atomic E-state index is 5.93. The third kappa shape index (κ3) is 6.23. The Morgan fingerprint density at radius 2 is 1.50 bits per heavy atom. The number of methoxy groups -OCH3 is 1. The molecule has 0 spiro atoms. The number of nitrogen functional groups attached to an aromatic ring is 1. The van der Waals surface area contributed by atoms with E-state index in [0.29, 0.717) is 45.3 Å². The van der Waals surface area contributed by atoms with Crippen LogP contribution in [0, 0.1) is 13.8 Å². The van der Waals surface area contributed by atoms with Crippen LogP contribution in [0.25, 0.3) is 0 Å². The number of rotatable bonds is 10. The molecule has 1 aromatic carbocycles. The molecule has 114 valence electrons. The summed E-state index contributed by atoms with van der Waals surface area (Å²) in [5.74, 6) is 0.746. The highest BCUT2D eigenvalue weighted by atomic mass is 16.6. The van der Waals surface area contributed by atoms with Crippen LogP contribution in [-0.4, -0.2) is 46.8 Å². The van der Waals surface area contributed by atoms with Crippen LogP contribution in [0.2, 0.25) is 0 Å². The molecule has 0 aromatic heterocycles. The zero-order valence-corrected chi connectivity index (χ0v) is 12.6. The molecule has 2 N–H and O–H groups in total. The highest BCUT2D eigenvalue weighted by Crippen LogP contribution is 2.27. The van der Waals surface area contributed by atoms with Crippen molar-refractivity contribution in [1.29, 1.82) is 0 Å². The van der Waals surface area contributed by atoms with Crippen LogP contribution in [0.3, 0.4) is 0 Å². The van der Waals surface area contributed by atoms with Crippen molar-refractivity contribution in [2.24, 2.45) is 0 Å². The minimum absolute atomic E-state index is 0.478. The summed E-state index contributed by atoms with van der Waals surface area (Å²) in [5, 5.41) is 0. The zero-order chi connectivity index (χ0) is 14.8. The van der Waals surface area contributed by atoms with Crippen LogP contribution < -0.4 is 10.5 Å². The molecule has 0 bridgehead atoms. The van der Waals surface area contributed by atoms with Crippen molar-refractivity contribution in [2.75, 3.05) is 52.5 Å². The maximum atomic E-state index is 5.93. The van der Waals surface area contributed by atoms with Gasteiger partial charge in [-0.15, -0.1) is 0 Å². The van der Waals surface area contributed by atoms with Gasteiger partial charge >= 0.3 is 0 Å². The van der Waals surface area contributed by atoms with Crippen molar-refractivity contribution < 1.29 is 18.9 Å². The van der Waals surface area contributed by atoms with Gasteiger partial charge in [-0.1, -0.05) is 6.07 Å². The fourth-order valence-corrected chi connectivity index (χ4v) is 1.85. The maximum Gasteiger partial charge on any atom is 0.145 e. The van der Waals surface area contributed by atoms with Crippen LogP contribution >= 0.6 is 0 Å². The molecule has 0 aliphatic heterocycles. The normalized spacial score (nSPS) is 10.8. The van der Waals surface area contributed by atoms with Crippen molar-refractivity contribution in [3.8, 4) is 5.75 Å². The highest BCUT2D eigenvalue weighted by molar-refractivity contribution is 5.58. The molecule has 0 unspecified atom stereocenters. The third-order valence-corrected chi connectivity index (χ3v) is 2.73. The predicted octanol–water partition coefficient (Wildman–Crippen LogP) is 1.94. The summed E-state index contributed by atoms with van der Waals surface area (Å²) < 4.78 is 21.2. The average molecular weight is 283 g/mol. The van der Waals surface area contributed by atoms with E-state index in [1.807, 2.05) is 19.9 Å². The van der Waals surface area contributed by atoms with E-state index < -0.39 is 0 Å². The number of nitrogens with two attached hydrogens (primary N) is 1. The Hall–Kier alpha value is -1.30. The van der Waals surface area contributed by atoms with Crippen molar-refractivity contribution in [3.05, 3.63) is 23.3 Å². The second-order valence-electron chi connectivity index (χ2n) is 4.57. The SMILES string of the molecule is COCCOCCOCCOc1c(C)cc(C)cc1N. The first-order valence-corrected chi connectivity index (χ1v) is 6.79. The third-order valence-electron chi connectivity index (χ3n) is 2.73. The van der Waals surface area contributed by atoms with E-state index in [-0.39, 0.29) is 0 Å². The lowest BCUT2D eigenvalue weighted by molar-refractivity contribution is 0.0180. The fourth-order valence-electron chi connectivity index (χ4n) is 1.85. The van der Waals surface area contributed by atoms with Gasteiger partial charge in [-0.3, -0.25) is 0 Å². The molecule has 0 radical (unpaired) electrons. The lowest BCUT2D eigenvalue weighted by Crippen LogP contribution is -2.13. The summed E-state index contributed by atoms with van der Waals surface area (Å²) >= 11 is 0. The summed E-state index contributed by atoms with van der Waals surface area (Å²) in [4.78, 5) is 0. The minimum atomic E-state index is 0.478. The molecule has 1 aromatic rings. The van der Waals surface area contributed by atoms with E-state index >= 15 is 0 Å². The van der Waals surface area contributed by atoms with Crippen LogP contribution in [0.5, 0.6) is 5.75 Å². The number of ether oxygens (including phenoxy) is 4. The van der Waals surface area contributed by atoms with Crippen molar-refractivity contribution in [2.45, 2.75) is 13.8 Å². The zero-order valence-electron chi connectivity index (χ0n) is 12.6. The standard InChI is InChI=1S/C15H25NO4/c1-12-10-13(2)15(14(16)11-12)20-9-8-19-7-6-18-5-4-17-3/h10-11H,4-9,16H2,1-3H3. The van der Waals surface area contributed by atoms with Gasteiger partial charge in [-0.2, -0.15) is 0 Å². The number of anilines is 1. The summed E-state index contributed by atoms with van der Waals surface area (Å²) in [6.07, 6.45) is 0. The van der Waals surface area contributed by atoms with Crippen LogP contribution in [0.4, 0.5) is 5.69 Å². The molecule has 20 heavy (non-hydrogen) atoms. The second-order valence-corrected chi connectivity index (χ2v) is 4.57. The summed E-state index contributed by atoms with van der Waals surface area (Å²) in [7, 11) is 1.65. The van der Waals surface area contributed by atoms with Gasteiger partial charge in [-0.05, 0) is 31.0 Å². The van der Waals surface area contributed by atoms with Gasteiger partial charge in [0.15, 0.2) is 0 Å². The fraction of sp³-hybridized carbons (Fsp3) is 0.600. The summed E-state index contributed by atoms with van der Waals surface area (Å²) in [5.41, 5.74) is 8.79. The van der Waals surface area contributed by atoms with Gasteiger partial charge in [0.2, 0.25) is 0 Å². The Labute approximate surface area is 121 Å². The molecule has 5 heteroatoms. The minimum Gasteiger partial charge on any atom is -0.489 e. The van der Waals surface area contributed by atoms with Crippen molar-refractivity contribution >= 4 is 5.69 Å². The monoisotopic (exact) mass is 283 g/mol.